The van der Waals surface area contributed by atoms with Crippen LogP contribution in [0.15, 0.2) is 0 Å². The van der Waals surface area contributed by atoms with Crippen molar-refractivity contribution in [3.05, 3.63) is 0 Å². The Bertz CT molecular complexity index is 233. The van der Waals surface area contributed by atoms with Crippen LogP contribution in [0.25, 0.3) is 0 Å². The van der Waals surface area contributed by atoms with Crippen molar-refractivity contribution in [3.8, 4) is 0 Å². The zero-order valence-corrected chi connectivity index (χ0v) is 11.9. The zero-order valence-electron chi connectivity index (χ0n) is 11.9. The van der Waals surface area contributed by atoms with Gasteiger partial charge in [-0.2, -0.15) is 0 Å². The van der Waals surface area contributed by atoms with Crippen LogP contribution in [-0.4, -0.2) is 18.4 Å². The summed E-state index contributed by atoms with van der Waals surface area (Å²) >= 11 is 0. The van der Waals surface area contributed by atoms with Crippen LogP contribution in [0, 0.1) is 5.41 Å². The van der Waals surface area contributed by atoms with Gasteiger partial charge in [0.25, 0.3) is 0 Å². The van der Waals surface area contributed by atoms with Crippen molar-refractivity contribution < 1.29 is 4.74 Å². The normalized spacial score (nSPS) is 34.1. The third-order valence-corrected chi connectivity index (χ3v) is 3.93. The molecule has 0 aliphatic heterocycles. The van der Waals surface area contributed by atoms with Crippen LogP contribution in [0.2, 0.25) is 0 Å². The van der Waals surface area contributed by atoms with Crippen LogP contribution < -0.4 is 5.32 Å². The molecule has 0 heterocycles. The summed E-state index contributed by atoms with van der Waals surface area (Å²) in [5.41, 5.74) is 0.444. The van der Waals surface area contributed by atoms with Gasteiger partial charge in [0.15, 0.2) is 0 Å². The molecule has 0 saturated heterocycles. The summed E-state index contributed by atoms with van der Waals surface area (Å²) in [5, 5.41) is 3.68. The van der Waals surface area contributed by atoms with E-state index in [-0.39, 0.29) is 11.3 Å². The van der Waals surface area contributed by atoms with Gasteiger partial charge >= 0.3 is 0 Å². The van der Waals surface area contributed by atoms with Crippen LogP contribution in [0.3, 0.4) is 0 Å². The Morgan fingerprint density at radius 3 is 2.25 bits per heavy atom. The van der Waals surface area contributed by atoms with Crippen molar-refractivity contribution in [2.75, 3.05) is 7.11 Å². The molecule has 1 saturated carbocycles. The van der Waals surface area contributed by atoms with Gasteiger partial charge in [0.2, 0.25) is 0 Å². The maximum absolute atomic E-state index is 5.82. The number of unbranched alkanes of at least 4 members (excludes halogenated alkanes) is 1. The van der Waals surface area contributed by atoms with Gasteiger partial charge in [-0.05, 0) is 33.6 Å². The molecule has 1 N–H and O–H groups in total. The average Bonchev–Trinajstić information content (AvgIpc) is 2.82. The standard InChI is InChI=1S/C14H29NO/c1-7-9-10-13(8-2)11-14(13,16-6)15-12(3,4)5/h15H,7-11H2,1-6H3. The highest BCUT2D eigenvalue weighted by Gasteiger charge is 2.67. The Morgan fingerprint density at radius 2 is 1.88 bits per heavy atom. The van der Waals surface area contributed by atoms with Gasteiger partial charge in [0.05, 0.1) is 0 Å². The summed E-state index contributed by atoms with van der Waals surface area (Å²) in [5.74, 6) is 0. The first-order valence-corrected chi connectivity index (χ1v) is 6.69. The van der Waals surface area contributed by atoms with Gasteiger partial charge in [0, 0.05) is 24.5 Å². The number of hydrogen-bond donors (Lipinski definition) is 1. The minimum absolute atomic E-state index is 0.0603. The Balaban J connectivity index is 2.70. The van der Waals surface area contributed by atoms with Gasteiger partial charge in [-0.15, -0.1) is 0 Å². The number of methoxy groups -OCH3 is 1. The Kier molecular flexibility index (Phi) is 4.07. The first-order chi connectivity index (χ1) is 7.35. The Labute approximate surface area is 101 Å². The van der Waals surface area contributed by atoms with E-state index in [1.807, 2.05) is 7.11 Å². The minimum Gasteiger partial charge on any atom is -0.363 e. The average molecular weight is 227 g/mol. The molecular weight excluding hydrogens is 198 g/mol. The van der Waals surface area contributed by atoms with Crippen molar-refractivity contribution in [2.45, 2.75) is 78.0 Å². The molecule has 0 bridgehead atoms. The van der Waals surface area contributed by atoms with Crippen molar-refractivity contribution >= 4 is 0 Å². The molecule has 1 fully saturated rings. The molecule has 0 spiro atoms. The summed E-state index contributed by atoms with van der Waals surface area (Å²) < 4.78 is 5.82. The first kappa shape index (κ1) is 14.0. The Hall–Kier alpha value is -0.0800. The number of hydrogen-bond acceptors (Lipinski definition) is 2. The third-order valence-electron chi connectivity index (χ3n) is 3.93. The summed E-state index contributed by atoms with van der Waals surface area (Å²) in [6.07, 6.45) is 6.26. The number of nitrogens with one attached hydrogen (secondary N) is 1. The number of ether oxygens (including phenoxy) is 1. The van der Waals surface area contributed by atoms with Gasteiger partial charge in [-0.3, -0.25) is 5.32 Å². The second-order valence-corrected chi connectivity index (χ2v) is 6.32. The molecule has 2 nitrogen and oxygen atoms in total. The Morgan fingerprint density at radius 1 is 1.25 bits per heavy atom. The van der Waals surface area contributed by atoms with Crippen LogP contribution >= 0.6 is 0 Å². The molecule has 0 aromatic heterocycles. The van der Waals surface area contributed by atoms with Crippen molar-refractivity contribution in [3.63, 3.8) is 0 Å². The molecule has 1 aliphatic rings. The van der Waals surface area contributed by atoms with Crippen molar-refractivity contribution in [2.24, 2.45) is 5.41 Å². The predicted octanol–water partition coefficient (Wildman–Crippen LogP) is 3.71. The second-order valence-electron chi connectivity index (χ2n) is 6.32. The van der Waals surface area contributed by atoms with Crippen molar-refractivity contribution in [1.82, 2.24) is 5.32 Å². The molecule has 2 heteroatoms. The van der Waals surface area contributed by atoms with Gasteiger partial charge in [-0.25, -0.2) is 0 Å². The third kappa shape index (κ3) is 2.60. The quantitative estimate of drug-likeness (QED) is 0.698. The minimum atomic E-state index is -0.0603. The van der Waals surface area contributed by atoms with Crippen LogP contribution in [0.4, 0.5) is 0 Å². The fraction of sp³-hybridized carbons (Fsp3) is 1.00. The summed E-state index contributed by atoms with van der Waals surface area (Å²) in [6.45, 7) is 11.2. The van der Waals surface area contributed by atoms with Crippen LogP contribution in [0.1, 0.15) is 66.7 Å². The largest absolute Gasteiger partial charge is 0.363 e. The highest BCUT2D eigenvalue weighted by atomic mass is 16.5. The van der Waals surface area contributed by atoms with E-state index in [2.05, 4.69) is 39.9 Å². The van der Waals surface area contributed by atoms with E-state index >= 15 is 0 Å². The summed E-state index contributed by atoms with van der Waals surface area (Å²) in [7, 11) is 1.85. The molecule has 2 unspecified atom stereocenters. The molecule has 0 aromatic carbocycles. The molecule has 2 atom stereocenters. The molecule has 1 aliphatic carbocycles. The van der Waals surface area contributed by atoms with Gasteiger partial charge in [0.1, 0.15) is 5.72 Å². The molecular formula is C14H29NO. The van der Waals surface area contributed by atoms with E-state index in [4.69, 9.17) is 4.74 Å². The topological polar surface area (TPSA) is 21.3 Å². The fourth-order valence-electron chi connectivity index (χ4n) is 2.95. The molecule has 1 rings (SSSR count). The van der Waals surface area contributed by atoms with E-state index in [0.717, 1.165) is 0 Å². The van der Waals surface area contributed by atoms with Crippen molar-refractivity contribution in [1.29, 1.82) is 0 Å². The second kappa shape index (κ2) is 4.66. The van der Waals surface area contributed by atoms with E-state index in [1.54, 1.807) is 0 Å². The molecule has 0 amide bonds. The maximum Gasteiger partial charge on any atom is 0.125 e. The first-order valence-electron chi connectivity index (χ1n) is 6.69. The fourth-order valence-corrected chi connectivity index (χ4v) is 2.95. The zero-order chi connectivity index (χ0) is 12.4. The SMILES string of the molecule is CCCCC1(CC)CC1(NC(C)(C)C)OC. The predicted molar refractivity (Wildman–Crippen MR) is 69.5 cm³/mol. The molecule has 0 radical (unpaired) electrons. The monoisotopic (exact) mass is 227 g/mol. The lowest BCUT2D eigenvalue weighted by Crippen LogP contribution is -2.49. The molecule has 0 aromatic rings. The molecule has 16 heavy (non-hydrogen) atoms. The van der Waals surface area contributed by atoms with Gasteiger partial charge in [-0.1, -0.05) is 26.7 Å². The molecule has 96 valence electrons. The highest BCUT2D eigenvalue weighted by Crippen LogP contribution is 2.62. The summed E-state index contributed by atoms with van der Waals surface area (Å²) in [6, 6.07) is 0. The number of rotatable bonds is 6. The summed E-state index contributed by atoms with van der Waals surface area (Å²) in [4.78, 5) is 0. The highest BCUT2D eigenvalue weighted by molar-refractivity contribution is 5.16. The van der Waals surface area contributed by atoms with E-state index in [1.165, 1.54) is 32.1 Å². The lowest BCUT2D eigenvalue weighted by molar-refractivity contribution is -0.0107. The van der Waals surface area contributed by atoms with E-state index < -0.39 is 0 Å². The van der Waals surface area contributed by atoms with Crippen LogP contribution in [-0.2, 0) is 4.74 Å². The lowest BCUT2D eigenvalue weighted by Gasteiger charge is -2.32. The smallest absolute Gasteiger partial charge is 0.125 e. The van der Waals surface area contributed by atoms with E-state index in [0.29, 0.717) is 5.41 Å². The maximum atomic E-state index is 5.82. The lowest BCUT2D eigenvalue weighted by atomic mass is 9.93. The van der Waals surface area contributed by atoms with E-state index in [9.17, 15) is 0 Å². The van der Waals surface area contributed by atoms with Crippen LogP contribution in [0.5, 0.6) is 0 Å². The van der Waals surface area contributed by atoms with Gasteiger partial charge < -0.3 is 4.74 Å².